The van der Waals surface area contributed by atoms with Crippen LogP contribution in [0.15, 0.2) is 43.0 Å². The smallest absolute Gasteiger partial charge is 0.302 e. The Morgan fingerprint density at radius 1 is 1.37 bits per heavy atom. The summed E-state index contributed by atoms with van der Waals surface area (Å²) in [5.41, 5.74) is 1.16. The summed E-state index contributed by atoms with van der Waals surface area (Å²) in [6.45, 7) is 5.85. The Kier molecular flexibility index (Phi) is 4.74. The van der Waals surface area contributed by atoms with Gasteiger partial charge in [0.25, 0.3) is 0 Å². The Balaban J connectivity index is 1.85. The summed E-state index contributed by atoms with van der Waals surface area (Å²) >= 11 is 0. The van der Waals surface area contributed by atoms with E-state index in [1.165, 1.54) is 6.92 Å². The lowest BCUT2D eigenvalue weighted by atomic mass is 10.1. The summed E-state index contributed by atoms with van der Waals surface area (Å²) in [6.07, 6.45) is 3.53. The van der Waals surface area contributed by atoms with Crippen molar-refractivity contribution in [3.8, 4) is 0 Å². The molecule has 1 saturated carbocycles. The van der Waals surface area contributed by atoms with Crippen molar-refractivity contribution >= 4 is 5.97 Å². The molecule has 0 heterocycles. The monoisotopic (exact) mass is 260 g/mol. The summed E-state index contributed by atoms with van der Waals surface area (Å²) in [5, 5.41) is 0. The Morgan fingerprint density at radius 2 is 2.11 bits per heavy atom. The van der Waals surface area contributed by atoms with Crippen molar-refractivity contribution in [2.24, 2.45) is 5.92 Å². The molecule has 0 N–H and O–H groups in total. The molecule has 0 radical (unpaired) electrons. The van der Waals surface area contributed by atoms with E-state index in [4.69, 9.17) is 9.47 Å². The maximum atomic E-state index is 11.0. The van der Waals surface area contributed by atoms with Crippen LogP contribution in [0.2, 0.25) is 0 Å². The van der Waals surface area contributed by atoms with Gasteiger partial charge in [-0.25, -0.2) is 0 Å². The summed E-state index contributed by atoms with van der Waals surface area (Å²) in [6, 6.07) is 10.1. The summed E-state index contributed by atoms with van der Waals surface area (Å²) < 4.78 is 11.2. The van der Waals surface area contributed by atoms with Crippen LogP contribution in [0.5, 0.6) is 0 Å². The lowest BCUT2D eigenvalue weighted by molar-refractivity contribution is -0.147. The van der Waals surface area contributed by atoms with Gasteiger partial charge in [0.1, 0.15) is 6.10 Å². The van der Waals surface area contributed by atoms with Crippen molar-refractivity contribution in [1.29, 1.82) is 0 Å². The van der Waals surface area contributed by atoms with E-state index in [2.05, 4.69) is 6.58 Å². The second-order valence-corrected chi connectivity index (χ2v) is 4.94. The minimum Gasteiger partial charge on any atom is -0.462 e. The Bertz CT molecular complexity index is 427. The van der Waals surface area contributed by atoms with Gasteiger partial charge in [-0.3, -0.25) is 4.79 Å². The fourth-order valence-electron chi connectivity index (χ4n) is 2.51. The van der Waals surface area contributed by atoms with Crippen molar-refractivity contribution in [3.63, 3.8) is 0 Å². The van der Waals surface area contributed by atoms with Crippen LogP contribution < -0.4 is 0 Å². The van der Waals surface area contributed by atoms with E-state index in [-0.39, 0.29) is 24.1 Å². The molecule has 0 amide bonds. The molecule has 0 spiro atoms. The third kappa shape index (κ3) is 3.93. The molecule has 3 nitrogen and oxygen atoms in total. The quantitative estimate of drug-likeness (QED) is 0.603. The van der Waals surface area contributed by atoms with Gasteiger partial charge in [0.15, 0.2) is 0 Å². The Labute approximate surface area is 114 Å². The first-order valence-electron chi connectivity index (χ1n) is 6.64. The van der Waals surface area contributed by atoms with Gasteiger partial charge in [-0.2, -0.15) is 0 Å². The molecule has 0 unspecified atom stereocenters. The second-order valence-electron chi connectivity index (χ2n) is 4.94. The molecular formula is C16H20O3. The predicted molar refractivity (Wildman–Crippen MR) is 73.5 cm³/mol. The first kappa shape index (κ1) is 13.8. The van der Waals surface area contributed by atoms with Gasteiger partial charge >= 0.3 is 5.97 Å². The minimum atomic E-state index is -0.236. The second kappa shape index (κ2) is 6.53. The van der Waals surface area contributed by atoms with Crippen LogP contribution in [0.25, 0.3) is 0 Å². The maximum Gasteiger partial charge on any atom is 0.302 e. The first-order chi connectivity index (χ1) is 9.19. The molecule has 0 aromatic heterocycles. The molecule has 1 aromatic carbocycles. The van der Waals surface area contributed by atoms with E-state index in [0.29, 0.717) is 6.61 Å². The maximum absolute atomic E-state index is 11.0. The highest BCUT2D eigenvalue weighted by Gasteiger charge is 2.35. The SMILES string of the molecule is C=C[C@@H]1C[C@H](OCc2ccccc2)C[C@@H]1OC(C)=O. The number of ether oxygens (including phenoxy) is 2. The van der Waals surface area contributed by atoms with Gasteiger partial charge < -0.3 is 9.47 Å². The molecule has 19 heavy (non-hydrogen) atoms. The molecular weight excluding hydrogens is 240 g/mol. The molecule has 1 aromatic rings. The Hall–Kier alpha value is -1.61. The molecule has 3 heteroatoms. The third-order valence-electron chi connectivity index (χ3n) is 3.46. The van der Waals surface area contributed by atoms with Crippen molar-refractivity contribution in [2.75, 3.05) is 0 Å². The van der Waals surface area contributed by atoms with Gasteiger partial charge in [0, 0.05) is 19.3 Å². The average molecular weight is 260 g/mol. The summed E-state index contributed by atoms with van der Waals surface area (Å²) in [4.78, 5) is 11.0. The number of hydrogen-bond acceptors (Lipinski definition) is 3. The van der Waals surface area contributed by atoms with Gasteiger partial charge in [0.2, 0.25) is 0 Å². The highest BCUT2D eigenvalue weighted by molar-refractivity contribution is 5.66. The van der Waals surface area contributed by atoms with Gasteiger partial charge in [-0.15, -0.1) is 6.58 Å². The number of benzene rings is 1. The van der Waals surface area contributed by atoms with Crippen LogP contribution in [0.1, 0.15) is 25.3 Å². The van der Waals surface area contributed by atoms with Crippen molar-refractivity contribution in [3.05, 3.63) is 48.6 Å². The number of hydrogen-bond donors (Lipinski definition) is 0. The summed E-state index contributed by atoms with van der Waals surface area (Å²) in [5.74, 6) is -0.0368. The molecule has 1 aliphatic carbocycles. The van der Waals surface area contributed by atoms with E-state index in [1.54, 1.807) is 0 Å². The predicted octanol–water partition coefficient (Wildman–Crippen LogP) is 3.10. The fourth-order valence-corrected chi connectivity index (χ4v) is 2.51. The van der Waals surface area contributed by atoms with E-state index in [9.17, 15) is 4.79 Å². The van der Waals surface area contributed by atoms with Gasteiger partial charge in [-0.1, -0.05) is 36.4 Å². The van der Waals surface area contributed by atoms with Crippen LogP contribution in [0.3, 0.4) is 0 Å². The van der Waals surface area contributed by atoms with Crippen LogP contribution in [0.4, 0.5) is 0 Å². The lowest BCUT2D eigenvalue weighted by Crippen LogP contribution is -2.19. The first-order valence-corrected chi connectivity index (χ1v) is 6.64. The zero-order chi connectivity index (χ0) is 13.7. The normalized spacial score (nSPS) is 26.1. The lowest BCUT2D eigenvalue weighted by Gasteiger charge is -2.15. The number of carbonyl (C=O) groups excluding carboxylic acids is 1. The fraction of sp³-hybridized carbons (Fsp3) is 0.438. The van der Waals surface area contributed by atoms with Crippen molar-refractivity contribution in [1.82, 2.24) is 0 Å². The topological polar surface area (TPSA) is 35.5 Å². The number of rotatable bonds is 5. The van der Waals surface area contributed by atoms with E-state index in [0.717, 1.165) is 18.4 Å². The molecule has 2 rings (SSSR count). The van der Waals surface area contributed by atoms with E-state index >= 15 is 0 Å². The summed E-state index contributed by atoms with van der Waals surface area (Å²) in [7, 11) is 0. The van der Waals surface area contributed by atoms with Crippen LogP contribution in [-0.2, 0) is 20.9 Å². The molecule has 0 bridgehead atoms. The van der Waals surface area contributed by atoms with Crippen LogP contribution in [0, 0.1) is 5.92 Å². The van der Waals surface area contributed by atoms with Crippen LogP contribution in [-0.4, -0.2) is 18.2 Å². The van der Waals surface area contributed by atoms with Gasteiger partial charge in [0.05, 0.1) is 12.7 Å². The van der Waals surface area contributed by atoms with E-state index < -0.39 is 0 Å². The Morgan fingerprint density at radius 3 is 2.74 bits per heavy atom. The number of esters is 1. The highest BCUT2D eigenvalue weighted by Crippen LogP contribution is 2.32. The third-order valence-corrected chi connectivity index (χ3v) is 3.46. The zero-order valence-corrected chi connectivity index (χ0v) is 11.2. The van der Waals surface area contributed by atoms with Crippen molar-refractivity contribution in [2.45, 2.75) is 38.6 Å². The molecule has 0 aliphatic heterocycles. The standard InChI is InChI=1S/C16H20O3/c1-3-14-9-15(10-16(14)19-12(2)17)18-11-13-7-5-4-6-8-13/h3-8,14-16H,1,9-11H2,2H3/t14-,15+,16+/m1/s1. The van der Waals surface area contributed by atoms with Gasteiger partial charge in [-0.05, 0) is 12.0 Å². The largest absolute Gasteiger partial charge is 0.462 e. The zero-order valence-electron chi connectivity index (χ0n) is 11.2. The molecule has 102 valence electrons. The van der Waals surface area contributed by atoms with Crippen molar-refractivity contribution < 1.29 is 14.3 Å². The minimum absolute atomic E-state index is 0.0872. The molecule has 0 saturated heterocycles. The molecule has 1 aliphatic rings. The highest BCUT2D eigenvalue weighted by atomic mass is 16.5. The molecule has 3 atom stereocenters. The number of carbonyl (C=O) groups is 1. The van der Waals surface area contributed by atoms with Crippen LogP contribution >= 0.6 is 0 Å². The van der Waals surface area contributed by atoms with E-state index in [1.807, 2.05) is 36.4 Å². The molecule has 1 fully saturated rings. The average Bonchev–Trinajstić information content (AvgIpc) is 2.79.